The quantitative estimate of drug-likeness (QED) is 0.810. The summed E-state index contributed by atoms with van der Waals surface area (Å²) in [5, 5.41) is 0. The molecule has 0 radical (unpaired) electrons. The van der Waals surface area contributed by atoms with Crippen LogP contribution in [0, 0.1) is 0 Å². The second kappa shape index (κ2) is 5.81. The van der Waals surface area contributed by atoms with Crippen LogP contribution in [0.1, 0.15) is 39.7 Å². The highest BCUT2D eigenvalue weighted by Crippen LogP contribution is 2.25. The molecule has 0 saturated carbocycles. The SMILES string of the molecule is CC(C)(C)OC(=O)N1CCC[C@@H](n2c(=O)[nH]c3c(N)ncnc32)C1. The molecule has 130 valence electrons. The molecule has 24 heavy (non-hydrogen) atoms. The summed E-state index contributed by atoms with van der Waals surface area (Å²) >= 11 is 0. The summed E-state index contributed by atoms with van der Waals surface area (Å²) in [5.74, 6) is 0.232. The van der Waals surface area contributed by atoms with Crippen molar-refractivity contribution < 1.29 is 9.53 Å². The summed E-state index contributed by atoms with van der Waals surface area (Å²) in [4.78, 5) is 37.0. The molecule has 2 aromatic heterocycles. The lowest BCUT2D eigenvalue weighted by Crippen LogP contribution is -2.44. The molecule has 1 aliphatic rings. The van der Waals surface area contributed by atoms with Gasteiger partial charge in [0.05, 0.1) is 6.04 Å². The van der Waals surface area contributed by atoms with Crippen LogP contribution in [0.2, 0.25) is 0 Å². The Morgan fingerprint density at radius 3 is 2.88 bits per heavy atom. The van der Waals surface area contributed by atoms with E-state index in [9.17, 15) is 9.59 Å². The maximum atomic E-state index is 12.3. The minimum atomic E-state index is -0.552. The average molecular weight is 334 g/mol. The van der Waals surface area contributed by atoms with Crippen LogP contribution in [0.5, 0.6) is 0 Å². The number of hydrogen-bond acceptors (Lipinski definition) is 6. The topological polar surface area (TPSA) is 119 Å². The number of carbonyl (C=O) groups is 1. The van der Waals surface area contributed by atoms with Gasteiger partial charge in [0.2, 0.25) is 0 Å². The first-order valence-corrected chi connectivity index (χ1v) is 7.95. The van der Waals surface area contributed by atoms with Gasteiger partial charge in [0, 0.05) is 13.1 Å². The molecule has 1 amide bonds. The molecule has 0 bridgehead atoms. The van der Waals surface area contributed by atoms with E-state index in [0.717, 1.165) is 12.8 Å². The first-order chi connectivity index (χ1) is 11.3. The Balaban J connectivity index is 1.88. The number of nitrogen functional groups attached to an aromatic ring is 1. The third kappa shape index (κ3) is 3.06. The van der Waals surface area contributed by atoms with E-state index in [1.807, 2.05) is 20.8 Å². The largest absolute Gasteiger partial charge is 0.444 e. The molecular formula is C15H22N6O3. The number of rotatable bonds is 1. The van der Waals surface area contributed by atoms with E-state index >= 15 is 0 Å². The van der Waals surface area contributed by atoms with E-state index in [2.05, 4.69) is 15.0 Å². The molecule has 3 rings (SSSR count). The van der Waals surface area contributed by atoms with Crippen molar-refractivity contribution in [3.05, 3.63) is 16.8 Å². The van der Waals surface area contributed by atoms with Crippen LogP contribution in [0.25, 0.3) is 11.2 Å². The smallest absolute Gasteiger partial charge is 0.410 e. The van der Waals surface area contributed by atoms with Crippen LogP contribution in [0.4, 0.5) is 10.6 Å². The second-order valence-electron chi connectivity index (χ2n) is 6.98. The van der Waals surface area contributed by atoms with Crippen LogP contribution in [0.15, 0.2) is 11.1 Å². The number of aromatic nitrogens is 4. The summed E-state index contributed by atoms with van der Waals surface area (Å²) in [5.41, 5.74) is 5.83. The van der Waals surface area contributed by atoms with Crippen molar-refractivity contribution in [2.75, 3.05) is 18.8 Å². The predicted octanol–water partition coefficient (Wildman–Crippen LogP) is 1.27. The van der Waals surface area contributed by atoms with Crippen LogP contribution in [0.3, 0.4) is 0 Å². The van der Waals surface area contributed by atoms with Crippen LogP contribution in [-0.2, 0) is 4.74 Å². The van der Waals surface area contributed by atoms with E-state index < -0.39 is 5.60 Å². The van der Waals surface area contributed by atoms with Crippen molar-refractivity contribution in [3.63, 3.8) is 0 Å². The van der Waals surface area contributed by atoms with Gasteiger partial charge in [0.1, 0.15) is 17.4 Å². The molecular weight excluding hydrogens is 312 g/mol. The van der Waals surface area contributed by atoms with Gasteiger partial charge in [-0.25, -0.2) is 19.6 Å². The number of nitrogens with two attached hydrogens (primary N) is 1. The number of anilines is 1. The lowest BCUT2D eigenvalue weighted by Gasteiger charge is -2.34. The fraction of sp³-hybridized carbons (Fsp3) is 0.600. The van der Waals surface area contributed by atoms with Crippen LogP contribution in [-0.4, -0.2) is 49.2 Å². The number of nitrogens with zero attached hydrogens (tertiary/aromatic N) is 4. The normalized spacial score (nSPS) is 18.8. The van der Waals surface area contributed by atoms with E-state index in [1.165, 1.54) is 6.33 Å². The number of ether oxygens (including phenoxy) is 1. The van der Waals surface area contributed by atoms with Gasteiger partial charge in [0.15, 0.2) is 11.5 Å². The van der Waals surface area contributed by atoms with Gasteiger partial charge in [-0.3, -0.25) is 4.57 Å². The number of fused-ring (bicyclic) bond motifs is 1. The number of nitrogens with one attached hydrogen (secondary N) is 1. The molecule has 9 heteroatoms. The Bertz CT molecular complexity index is 819. The standard InChI is InChI=1S/C15H22N6O3/c1-15(2,3)24-14(23)20-6-4-5-9(7-20)21-12-10(19-13(21)22)11(16)17-8-18-12/h8-9H,4-7H2,1-3H3,(H,19,22)(H2,16,17,18)/t9-/m1/s1. The molecule has 9 nitrogen and oxygen atoms in total. The maximum absolute atomic E-state index is 12.3. The van der Waals surface area contributed by atoms with E-state index in [-0.39, 0.29) is 23.6 Å². The lowest BCUT2D eigenvalue weighted by atomic mass is 10.1. The maximum Gasteiger partial charge on any atom is 0.410 e. The van der Waals surface area contributed by atoms with Gasteiger partial charge in [0.25, 0.3) is 0 Å². The first kappa shape index (κ1) is 16.3. The number of piperidine rings is 1. The number of amides is 1. The van der Waals surface area contributed by atoms with E-state index in [0.29, 0.717) is 24.3 Å². The molecule has 0 unspecified atom stereocenters. The molecule has 0 aromatic carbocycles. The third-order valence-electron chi connectivity index (χ3n) is 3.95. The highest BCUT2D eigenvalue weighted by atomic mass is 16.6. The second-order valence-corrected chi connectivity index (χ2v) is 6.98. The number of H-pyrrole nitrogens is 1. The van der Waals surface area contributed by atoms with Gasteiger partial charge < -0.3 is 20.4 Å². The minimum absolute atomic E-state index is 0.179. The summed E-state index contributed by atoms with van der Waals surface area (Å²) in [6.07, 6.45) is 2.52. The summed E-state index contributed by atoms with van der Waals surface area (Å²) < 4.78 is 6.99. The van der Waals surface area contributed by atoms with Gasteiger partial charge in [-0.05, 0) is 33.6 Å². The van der Waals surface area contributed by atoms with Crippen molar-refractivity contribution in [1.29, 1.82) is 0 Å². The van der Waals surface area contributed by atoms with E-state index in [4.69, 9.17) is 10.5 Å². The molecule has 2 aromatic rings. The molecule has 1 atom stereocenters. The van der Waals surface area contributed by atoms with Crippen molar-refractivity contribution in [2.45, 2.75) is 45.3 Å². The van der Waals surface area contributed by atoms with Crippen LogP contribution < -0.4 is 11.4 Å². The van der Waals surface area contributed by atoms with Crippen molar-refractivity contribution >= 4 is 23.1 Å². The highest BCUT2D eigenvalue weighted by molar-refractivity contribution is 5.81. The fourth-order valence-corrected chi connectivity index (χ4v) is 2.95. The first-order valence-electron chi connectivity index (χ1n) is 7.95. The van der Waals surface area contributed by atoms with Gasteiger partial charge >= 0.3 is 11.8 Å². The van der Waals surface area contributed by atoms with Crippen LogP contribution >= 0.6 is 0 Å². The Kier molecular flexibility index (Phi) is 3.94. The molecule has 3 N–H and O–H groups in total. The Labute approximate surface area is 138 Å². The monoisotopic (exact) mass is 334 g/mol. The molecule has 1 aliphatic heterocycles. The van der Waals surface area contributed by atoms with Gasteiger partial charge in [-0.2, -0.15) is 0 Å². The van der Waals surface area contributed by atoms with Crippen molar-refractivity contribution in [2.24, 2.45) is 0 Å². The average Bonchev–Trinajstić information content (AvgIpc) is 2.83. The minimum Gasteiger partial charge on any atom is -0.444 e. The number of carbonyl (C=O) groups excluding carboxylic acids is 1. The summed E-state index contributed by atoms with van der Waals surface area (Å²) in [7, 11) is 0. The molecule has 0 spiro atoms. The Morgan fingerprint density at radius 1 is 1.42 bits per heavy atom. The Hall–Kier alpha value is -2.58. The predicted molar refractivity (Wildman–Crippen MR) is 88.6 cm³/mol. The summed E-state index contributed by atoms with van der Waals surface area (Å²) in [6, 6.07) is -0.179. The van der Waals surface area contributed by atoms with Crippen molar-refractivity contribution in [1.82, 2.24) is 24.4 Å². The Morgan fingerprint density at radius 2 is 2.17 bits per heavy atom. The zero-order valence-corrected chi connectivity index (χ0v) is 14.1. The molecule has 1 fully saturated rings. The number of hydrogen-bond donors (Lipinski definition) is 2. The molecule has 0 aliphatic carbocycles. The van der Waals surface area contributed by atoms with Gasteiger partial charge in [-0.15, -0.1) is 0 Å². The molecule has 1 saturated heterocycles. The van der Waals surface area contributed by atoms with Crippen molar-refractivity contribution in [3.8, 4) is 0 Å². The number of imidazole rings is 1. The number of aromatic amines is 1. The highest BCUT2D eigenvalue weighted by Gasteiger charge is 2.30. The zero-order valence-electron chi connectivity index (χ0n) is 14.1. The third-order valence-corrected chi connectivity index (χ3v) is 3.95. The van der Waals surface area contributed by atoms with E-state index in [1.54, 1.807) is 9.47 Å². The molecule has 3 heterocycles. The lowest BCUT2D eigenvalue weighted by molar-refractivity contribution is 0.0172. The number of likely N-dealkylation sites (tertiary alicyclic amines) is 1. The van der Waals surface area contributed by atoms with Gasteiger partial charge in [-0.1, -0.05) is 0 Å². The summed E-state index contributed by atoms with van der Waals surface area (Å²) in [6.45, 7) is 6.49. The fourth-order valence-electron chi connectivity index (χ4n) is 2.95. The zero-order chi connectivity index (χ0) is 17.5.